The fraction of sp³-hybridized carbons (Fsp3) is 0.917. The molecule has 20 heavy (non-hydrogen) atoms. The first-order valence-corrected chi connectivity index (χ1v) is 6.53. The second-order valence-corrected chi connectivity index (χ2v) is 6.16. The van der Waals surface area contributed by atoms with Crippen molar-refractivity contribution >= 4 is 13.6 Å². The predicted octanol–water partition coefficient (Wildman–Crippen LogP) is 1.81. The average Bonchev–Trinajstić information content (AvgIpc) is 2.30. The van der Waals surface area contributed by atoms with E-state index in [1.165, 1.54) is 12.8 Å². The SMILES string of the molecule is C[C@@H]1[C@@H](N[B]O)C[C@H]2C[C@@H]1C2(C)C.O=C(O)C(F)(F)F. The van der Waals surface area contributed by atoms with Crippen molar-refractivity contribution in [3.8, 4) is 0 Å². The Morgan fingerprint density at radius 3 is 2.15 bits per heavy atom. The second-order valence-electron chi connectivity index (χ2n) is 6.16. The second kappa shape index (κ2) is 5.93. The molecule has 4 atom stereocenters. The highest BCUT2D eigenvalue weighted by Gasteiger charge is 2.55. The first-order chi connectivity index (χ1) is 9.01. The molecular formula is C12H20BF3NO3. The number of halogens is 3. The van der Waals surface area contributed by atoms with Gasteiger partial charge in [-0.1, -0.05) is 20.8 Å². The lowest BCUT2D eigenvalue weighted by Gasteiger charge is -2.62. The molecule has 0 unspecified atom stereocenters. The number of carboxylic acid groups (broad SMARTS) is 1. The molecule has 4 nitrogen and oxygen atoms in total. The summed E-state index contributed by atoms with van der Waals surface area (Å²) >= 11 is 0. The van der Waals surface area contributed by atoms with E-state index in [0.717, 1.165) is 19.5 Å². The van der Waals surface area contributed by atoms with Gasteiger partial charge >= 0.3 is 19.8 Å². The molecule has 0 heterocycles. The molecule has 1 radical (unpaired) electrons. The Morgan fingerprint density at radius 2 is 1.85 bits per heavy atom. The summed E-state index contributed by atoms with van der Waals surface area (Å²) in [4.78, 5) is 8.90. The summed E-state index contributed by atoms with van der Waals surface area (Å²) < 4.78 is 31.7. The van der Waals surface area contributed by atoms with Crippen molar-refractivity contribution in [3.63, 3.8) is 0 Å². The Labute approximate surface area is 117 Å². The number of aliphatic carboxylic acids is 1. The summed E-state index contributed by atoms with van der Waals surface area (Å²) in [5.41, 5.74) is 0.549. The summed E-state index contributed by atoms with van der Waals surface area (Å²) in [7, 11) is 1.11. The van der Waals surface area contributed by atoms with Gasteiger partial charge in [0.2, 0.25) is 0 Å². The number of hydrogen-bond acceptors (Lipinski definition) is 3. The van der Waals surface area contributed by atoms with Crippen LogP contribution in [-0.4, -0.2) is 35.9 Å². The molecular weight excluding hydrogens is 274 g/mol. The van der Waals surface area contributed by atoms with Crippen molar-refractivity contribution in [2.24, 2.45) is 23.2 Å². The zero-order valence-corrected chi connectivity index (χ0v) is 11.7. The highest BCUT2D eigenvalue weighted by Crippen LogP contribution is 2.61. The van der Waals surface area contributed by atoms with Gasteiger partial charge in [-0.25, -0.2) is 4.79 Å². The van der Waals surface area contributed by atoms with Crippen molar-refractivity contribution in [2.75, 3.05) is 0 Å². The Kier molecular flexibility index (Phi) is 5.13. The molecule has 3 aliphatic rings. The highest BCUT2D eigenvalue weighted by molar-refractivity contribution is 6.21. The molecule has 0 amide bonds. The zero-order valence-electron chi connectivity index (χ0n) is 11.7. The van der Waals surface area contributed by atoms with Crippen LogP contribution in [0.15, 0.2) is 0 Å². The van der Waals surface area contributed by atoms with Crippen LogP contribution in [0.4, 0.5) is 13.2 Å². The van der Waals surface area contributed by atoms with Gasteiger partial charge in [0, 0.05) is 6.04 Å². The van der Waals surface area contributed by atoms with Crippen LogP contribution in [0.3, 0.4) is 0 Å². The summed E-state index contributed by atoms with van der Waals surface area (Å²) in [5, 5.41) is 18.9. The molecule has 0 aromatic heterocycles. The van der Waals surface area contributed by atoms with E-state index in [-0.39, 0.29) is 0 Å². The van der Waals surface area contributed by atoms with Crippen molar-refractivity contribution in [1.82, 2.24) is 5.23 Å². The standard InChI is InChI=1S/C10H19BNO.C2HF3O2/c1-6-8-4-7(10(8,2)3)5-9(6)12-11-13;3-2(4,5)1(6)7/h6-9,12-13H,4-5H2,1-3H3;(H,6,7)/t6-,7+,8-,9-;/m0./s1. The van der Waals surface area contributed by atoms with E-state index in [2.05, 4.69) is 26.0 Å². The number of nitrogens with one attached hydrogen (secondary N) is 1. The molecule has 0 aromatic rings. The molecule has 3 aliphatic carbocycles. The van der Waals surface area contributed by atoms with Gasteiger partial charge in [0.25, 0.3) is 0 Å². The fourth-order valence-electron chi connectivity index (χ4n) is 3.47. The molecule has 0 aliphatic heterocycles. The van der Waals surface area contributed by atoms with Gasteiger partial charge in [-0.15, -0.1) is 0 Å². The monoisotopic (exact) mass is 294 g/mol. The van der Waals surface area contributed by atoms with Gasteiger partial charge in [0.1, 0.15) is 0 Å². The minimum Gasteiger partial charge on any atom is -0.475 e. The van der Waals surface area contributed by atoms with Crippen molar-refractivity contribution in [2.45, 2.75) is 45.8 Å². The lowest BCUT2D eigenvalue weighted by Crippen LogP contribution is -2.60. The fourth-order valence-corrected chi connectivity index (χ4v) is 3.47. The third kappa shape index (κ3) is 3.46. The van der Waals surface area contributed by atoms with Crippen molar-refractivity contribution in [3.05, 3.63) is 0 Å². The van der Waals surface area contributed by atoms with Gasteiger partial charge in [-0.3, -0.25) is 0 Å². The number of carboxylic acids is 1. The maximum atomic E-state index is 10.6. The number of rotatable bonds is 2. The molecule has 8 heteroatoms. The van der Waals surface area contributed by atoms with Crippen LogP contribution in [0.1, 0.15) is 33.6 Å². The minimum atomic E-state index is -5.08. The third-order valence-electron chi connectivity index (χ3n) is 4.89. The van der Waals surface area contributed by atoms with Crippen LogP contribution in [-0.2, 0) is 4.79 Å². The molecule has 0 saturated heterocycles. The van der Waals surface area contributed by atoms with Crippen LogP contribution in [0, 0.1) is 23.2 Å². The van der Waals surface area contributed by atoms with E-state index in [0.29, 0.717) is 17.4 Å². The number of carbonyl (C=O) groups is 1. The molecule has 115 valence electrons. The first-order valence-electron chi connectivity index (χ1n) is 6.53. The van der Waals surface area contributed by atoms with Crippen molar-refractivity contribution < 1.29 is 28.1 Å². The first kappa shape index (κ1) is 17.3. The Hall–Kier alpha value is -0.755. The third-order valence-corrected chi connectivity index (χ3v) is 4.89. The van der Waals surface area contributed by atoms with Crippen LogP contribution in [0.25, 0.3) is 0 Å². The van der Waals surface area contributed by atoms with Crippen molar-refractivity contribution in [1.29, 1.82) is 0 Å². The van der Waals surface area contributed by atoms with Gasteiger partial charge in [-0.2, -0.15) is 13.2 Å². The normalized spacial score (nSPS) is 34.4. The largest absolute Gasteiger partial charge is 0.490 e. The molecule has 0 spiro atoms. The number of alkyl halides is 3. The lowest BCUT2D eigenvalue weighted by atomic mass is 9.44. The molecule has 3 N–H and O–H groups in total. The van der Waals surface area contributed by atoms with E-state index < -0.39 is 12.1 Å². The van der Waals surface area contributed by atoms with Crippen LogP contribution in [0.2, 0.25) is 0 Å². The van der Waals surface area contributed by atoms with E-state index in [4.69, 9.17) is 14.9 Å². The van der Waals surface area contributed by atoms with E-state index in [1.54, 1.807) is 0 Å². The smallest absolute Gasteiger partial charge is 0.475 e. The Balaban J connectivity index is 0.000000246. The van der Waals surface area contributed by atoms with Crippen LogP contribution in [0.5, 0.6) is 0 Å². The van der Waals surface area contributed by atoms with Gasteiger partial charge in [0.05, 0.1) is 0 Å². The topological polar surface area (TPSA) is 69.6 Å². The van der Waals surface area contributed by atoms with Gasteiger partial charge in [-0.05, 0) is 36.0 Å². The molecule has 2 bridgehead atoms. The van der Waals surface area contributed by atoms with Crippen LogP contribution >= 0.6 is 0 Å². The van der Waals surface area contributed by atoms with Crippen LogP contribution < -0.4 is 5.23 Å². The van der Waals surface area contributed by atoms with E-state index in [1.807, 2.05) is 0 Å². The highest BCUT2D eigenvalue weighted by atomic mass is 19.4. The Bertz CT molecular complexity index is 362. The van der Waals surface area contributed by atoms with Gasteiger partial charge in [0.15, 0.2) is 0 Å². The number of fused-ring (bicyclic) bond motifs is 2. The lowest BCUT2D eigenvalue weighted by molar-refractivity contribution is -0.192. The number of hydrogen-bond donors (Lipinski definition) is 3. The molecule has 3 rings (SSSR count). The summed E-state index contributed by atoms with van der Waals surface area (Å²) in [5.74, 6) is -0.342. The summed E-state index contributed by atoms with van der Waals surface area (Å²) in [6, 6.07) is 0.502. The summed E-state index contributed by atoms with van der Waals surface area (Å²) in [6.07, 6.45) is -2.46. The maximum Gasteiger partial charge on any atom is 0.490 e. The molecule has 3 saturated carbocycles. The average molecular weight is 294 g/mol. The van der Waals surface area contributed by atoms with Gasteiger partial charge < -0.3 is 15.4 Å². The zero-order chi connectivity index (χ0) is 15.7. The van der Waals surface area contributed by atoms with E-state index in [9.17, 15) is 13.2 Å². The summed E-state index contributed by atoms with van der Waals surface area (Å²) in [6.45, 7) is 7.09. The maximum absolute atomic E-state index is 10.6. The molecule has 3 fully saturated rings. The predicted molar refractivity (Wildman–Crippen MR) is 67.7 cm³/mol. The quantitative estimate of drug-likeness (QED) is 0.679. The Morgan fingerprint density at radius 1 is 1.35 bits per heavy atom. The van der Waals surface area contributed by atoms with E-state index >= 15 is 0 Å². The molecule has 0 aromatic carbocycles. The minimum absolute atomic E-state index is 0.502.